The molecule has 2 aromatic rings. The van der Waals surface area contributed by atoms with E-state index in [0.717, 1.165) is 37.8 Å². The normalized spacial score (nSPS) is 16.3. The molecule has 0 amide bonds. The van der Waals surface area contributed by atoms with Crippen molar-refractivity contribution in [3.8, 4) is 0 Å². The first-order valence-corrected chi connectivity index (χ1v) is 13.9. The van der Waals surface area contributed by atoms with Crippen molar-refractivity contribution in [1.82, 2.24) is 34.2 Å². The molecule has 0 spiro atoms. The van der Waals surface area contributed by atoms with Crippen LogP contribution in [0.5, 0.6) is 0 Å². The van der Waals surface area contributed by atoms with Crippen molar-refractivity contribution in [2.75, 3.05) is 46.3 Å². The summed E-state index contributed by atoms with van der Waals surface area (Å²) in [4.78, 5) is 19.8. The molecule has 0 aromatic carbocycles. The highest BCUT2D eigenvalue weighted by Gasteiger charge is 2.22. The predicted molar refractivity (Wildman–Crippen MR) is 144 cm³/mol. The van der Waals surface area contributed by atoms with Crippen LogP contribution < -0.4 is 0 Å². The number of aryl methyl sites for hydroxylation is 1. The lowest BCUT2D eigenvalue weighted by molar-refractivity contribution is 0.254. The second kappa shape index (κ2) is 14.7. The van der Waals surface area contributed by atoms with Crippen LogP contribution in [0.2, 0.25) is 0 Å². The number of imidazole rings is 2. The van der Waals surface area contributed by atoms with Gasteiger partial charge in [0.05, 0.1) is 13.1 Å². The van der Waals surface area contributed by atoms with Gasteiger partial charge in [-0.3, -0.25) is 4.90 Å². The van der Waals surface area contributed by atoms with E-state index in [-0.39, 0.29) is 0 Å². The molecule has 3 rings (SSSR count). The summed E-state index contributed by atoms with van der Waals surface area (Å²) >= 11 is 2.01. The van der Waals surface area contributed by atoms with Crippen LogP contribution in [-0.4, -0.2) is 85.8 Å². The van der Waals surface area contributed by atoms with Gasteiger partial charge in [-0.15, -0.1) is 11.8 Å². The van der Waals surface area contributed by atoms with E-state index in [9.17, 15) is 0 Å². The van der Waals surface area contributed by atoms with E-state index in [0.29, 0.717) is 5.25 Å². The number of nitrogens with zero attached hydrogens (tertiary/aromatic N) is 6. The van der Waals surface area contributed by atoms with Crippen LogP contribution in [0.3, 0.4) is 0 Å². The molecule has 34 heavy (non-hydrogen) atoms. The van der Waals surface area contributed by atoms with Crippen molar-refractivity contribution in [3.05, 3.63) is 47.4 Å². The molecule has 7 nitrogen and oxygen atoms in total. The Morgan fingerprint density at radius 2 is 1.79 bits per heavy atom. The first-order chi connectivity index (χ1) is 16.6. The second-order valence-electron chi connectivity index (χ2n) is 9.68. The fraction of sp³-hybridized carbons (Fsp3) is 0.692. The van der Waals surface area contributed by atoms with Crippen LogP contribution in [0.1, 0.15) is 57.6 Å². The minimum atomic E-state index is 0.662. The lowest BCUT2D eigenvalue weighted by Crippen LogP contribution is -2.30. The average Bonchev–Trinajstić information content (AvgIpc) is 3.56. The smallest absolute Gasteiger partial charge is 0.122 e. The van der Waals surface area contributed by atoms with E-state index in [2.05, 4.69) is 67.6 Å². The minimum Gasteiger partial charge on any atom is -0.348 e. The zero-order valence-electron chi connectivity index (χ0n) is 21.7. The highest BCUT2D eigenvalue weighted by molar-refractivity contribution is 8.03. The molecule has 0 saturated carbocycles. The lowest BCUT2D eigenvalue weighted by atomic mass is 10.1. The van der Waals surface area contributed by atoms with Gasteiger partial charge < -0.3 is 19.4 Å². The van der Waals surface area contributed by atoms with E-state index in [1.165, 1.54) is 63.9 Å². The van der Waals surface area contributed by atoms with Crippen molar-refractivity contribution < 1.29 is 0 Å². The molecule has 190 valence electrons. The van der Waals surface area contributed by atoms with Gasteiger partial charge >= 0.3 is 0 Å². The van der Waals surface area contributed by atoms with Gasteiger partial charge in [0, 0.05) is 50.2 Å². The maximum absolute atomic E-state index is 4.54. The fourth-order valence-corrected chi connectivity index (χ4v) is 5.92. The molecule has 0 radical (unpaired) electrons. The number of unbranched alkanes of at least 4 members (excludes halogenated alkanes) is 1. The molecule has 1 atom stereocenters. The summed E-state index contributed by atoms with van der Waals surface area (Å²) in [5.41, 5.74) is 1.53. The van der Waals surface area contributed by atoms with Gasteiger partial charge in [0.2, 0.25) is 0 Å². The molecule has 8 heteroatoms. The Hall–Kier alpha value is -1.61. The largest absolute Gasteiger partial charge is 0.348 e. The first kappa shape index (κ1) is 27.0. The molecular formula is C26H45N7S. The van der Waals surface area contributed by atoms with Crippen LogP contribution >= 0.6 is 11.8 Å². The summed E-state index contributed by atoms with van der Waals surface area (Å²) in [5, 5.41) is 3.06. The third-order valence-electron chi connectivity index (χ3n) is 6.42. The van der Waals surface area contributed by atoms with E-state index in [1.54, 1.807) is 0 Å². The van der Waals surface area contributed by atoms with Crippen LogP contribution in [-0.2, 0) is 20.1 Å². The van der Waals surface area contributed by atoms with Gasteiger partial charge in [-0.1, -0.05) is 13.8 Å². The minimum absolute atomic E-state index is 0.662. The number of hydrogen-bond donors (Lipinski definition) is 1. The summed E-state index contributed by atoms with van der Waals surface area (Å²) < 4.78 is 2.11. The van der Waals surface area contributed by atoms with Crippen LogP contribution in [0.15, 0.2) is 35.8 Å². The summed E-state index contributed by atoms with van der Waals surface area (Å²) in [5.74, 6) is 2.10. The number of H-pyrrole nitrogens is 1. The highest BCUT2D eigenvalue weighted by Crippen LogP contribution is 2.31. The number of aromatic nitrogens is 4. The second-order valence-corrected chi connectivity index (χ2v) is 10.9. The Morgan fingerprint density at radius 3 is 2.47 bits per heavy atom. The number of thioether (sulfide) groups is 1. The Balaban J connectivity index is 1.40. The maximum atomic E-state index is 4.54. The number of nitrogens with one attached hydrogen (secondary N) is 1. The molecule has 1 aliphatic heterocycles. The third-order valence-corrected chi connectivity index (χ3v) is 7.59. The van der Waals surface area contributed by atoms with Crippen molar-refractivity contribution in [1.29, 1.82) is 0 Å². The lowest BCUT2D eigenvalue weighted by Gasteiger charge is -2.24. The van der Waals surface area contributed by atoms with Gasteiger partial charge in [-0.2, -0.15) is 0 Å². The molecule has 3 heterocycles. The molecule has 1 unspecified atom stereocenters. The van der Waals surface area contributed by atoms with Gasteiger partial charge in [0.15, 0.2) is 0 Å². The SMILES string of the molecule is CCCN(CCC)CCCCN(C)CC1CC(CN(Cc2ncc[nH]2)Cc2nccn2C)=CS1. The zero-order chi connectivity index (χ0) is 24.2. The summed E-state index contributed by atoms with van der Waals surface area (Å²) in [7, 11) is 4.35. The average molecular weight is 488 g/mol. The van der Waals surface area contributed by atoms with Gasteiger partial charge in [-0.25, -0.2) is 9.97 Å². The van der Waals surface area contributed by atoms with Crippen LogP contribution in [0, 0.1) is 0 Å². The fourth-order valence-electron chi connectivity index (χ4n) is 4.71. The highest BCUT2D eigenvalue weighted by atomic mass is 32.2. The standard InChI is InChI=1S/C26H45N7S/c1-5-12-32(13-6-2)15-8-7-14-30(3)19-24-17-23(22-34-24)18-33(20-25-27-9-10-28-25)21-26-29-11-16-31(26)4/h9-11,16,22,24H,5-8,12-15,17-21H2,1-4H3,(H,27,28). The maximum Gasteiger partial charge on any atom is 0.122 e. The molecule has 0 bridgehead atoms. The molecule has 0 aliphatic carbocycles. The number of rotatable bonds is 17. The van der Waals surface area contributed by atoms with Gasteiger partial charge in [0.25, 0.3) is 0 Å². The van der Waals surface area contributed by atoms with Crippen molar-refractivity contribution in [2.45, 2.75) is 64.3 Å². The molecule has 0 saturated heterocycles. The Kier molecular flexibility index (Phi) is 11.7. The molecule has 1 N–H and O–H groups in total. The molecule has 2 aromatic heterocycles. The van der Waals surface area contributed by atoms with Crippen molar-refractivity contribution in [2.24, 2.45) is 7.05 Å². The number of aromatic amines is 1. The predicted octanol–water partition coefficient (Wildman–Crippen LogP) is 4.37. The van der Waals surface area contributed by atoms with Crippen molar-refractivity contribution in [3.63, 3.8) is 0 Å². The van der Waals surface area contributed by atoms with E-state index in [1.807, 2.05) is 36.5 Å². The molecule has 1 aliphatic rings. The van der Waals surface area contributed by atoms with Crippen LogP contribution in [0.25, 0.3) is 0 Å². The Labute approximate surface area is 211 Å². The van der Waals surface area contributed by atoms with E-state index in [4.69, 9.17) is 0 Å². The van der Waals surface area contributed by atoms with Gasteiger partial charge in [0.1, 0.15) is 11.6 Å². The Bertz CT molecular complexity index is 826. The number of hydrogen-bond acceptors (Lipinski definition) is 6. The summed E-state index contributed by atoms with van der Waals surface area (Å²) in [6.45, 7) is 13.3. The van der Waals surface area contributed by atoms with Crippen molar-refractivity contribution >= 4 is 11.8 Å². The van der Waals surface area contributed by atoms with E-state index < -0.39 is 0 Å². The quantitative estimate of drug-likeness (QED) is 0.335. The Morgan fingerprint density at radius 1 is 1.00 bits per heavy atom. The summed E-state index contributed by atoms with van der Waals surface area (Å²) in [6, 6.07) is 0. The zero-order valence-corrected chi connectivity index (χ0v) is 22.6. The molecular weight excluding hydrogens is 442 g/mol. The van der Waals surface area contributed by atoms with E-state index >= 15 is 0 Å². The monoisotopic (exact) mass is 487 g/mol. The van der Waals surface area contributed by atoms with Gasteiger partial charge in [-0.05, 0) is 76.3 Å². The summed E-state index contributed by atoms with van der Waals surface area (Å²) in [6.07, 6.45) is 13.9. The third kappa shape index (κ3) is 9.21. The topological polar surface area (TPSA) is 56.2 Å². The molecule has 0 fully saturated rings. The first-order valence-electron chi connectivity index (χ1n) is 13.0. The van der Waals surface area contributed by atoms with Crippen LogP contribution in [0.4, 0.5) is 0 Å².